The van der Waals surface area contributed by atoms with E-state index in [4.69, 9.17) is 0 Å². The fourth-order valence-corrected chi connectivity index (χ4v) is 4.29. The van der Waals surface area contributed by atoms with Crippen LogP contribution < -0.4 is 10.6 Å². The van der Waals surface area contributed by atoms with Crippen LogP contribution in [0.4, 0.5) is 5.69 Å². The molecule has 144 valence electrons. The molecule has 6 heteroatoms. The molecule has 0 spiro atoms. The largest absolute Gasteiger partial charge is 0.350 e. The highest BCUT2D eigenvalue weighted by molar-refractivity contribution is 7.10. The van der Waals surface area contributed by atoms with Crippen LogP contribution in [0.1, 0.15) is 48.0 Å². The second-order valence-corrected chi connectivity index (χ2v) is 8.20. The highest BCUT2D eigenvalue weighted by atomic mass is 32.1. The fraction of sp³-hybridized carbons (Fsp3) is 0.429. The molecule has 2 N–H and O–H groups in total. The first-order valence-electron chi connectivity index (χ1n) is 9.46. The third-order valence-electron chi connectivity index (χ3n) is 5.05. The lowest BCUT2D eigenvalue weighted by molar-refractivity contribution is -0.114. The van der Waals surface area contributed by atoms with Gasteiger partial charge >= 0.3 is 0 Å². The van der Waals surface area contributed by atoms with Crippen LogP contribution in [0.25, 0.3) is 0 Å². The Labute approximate surface area is 164 Å². The quantitative estimate of drug-likeness (QED) is 0.792. The van der Waals surface area contributed by atoms with Crippen LogP contribution in [0.5, 0.6) is 0 Å². The Kier molecular flexibility index (Phi) is 6.63. The maximum Gasteiger partial charge on any atom is 0.251 e. The van der Waals surface area contributed by atoms with E-state index in [9.17, 15) is 9.59 Å². The summed E-state index contributed by atoms with van der Waals surface area (Å²) in [5.74, 6) is 0.570. The molecule has 1 aromatic heterocycles. The second kappa shape index (κ2) is 9.15. The maximum atomic E-state index is 12.6. The summed E-state index contributed by atoms with van der Waals surface area (Å²) >= 11 is 1.75. The molecular formula is C21H27N3O2S. The molecule has 2 aromatic rings. The molecule has 0 aliphatic carbocycles. The summed E-state index contributed by atoms with van der Waals surface area (Å²) in [6.45, 7) is 6.52. The van der Waals surface area contributed by atoms with Crippen LogP contribution in [0.3, 0.4) is 0 Å². The lowest BCUT2D eigenvalue weighted by Gasteiger charge is -2.36. The van der Waals surface area contributed by atoms with Crippen LogP contribution in [0, 0.1) is 5.92 Å². The second-order valence-electron chi connectivity index (χ2n) is 7.22. The smallest absolute Gasteiger partial charge is 0.251 e. The van der Waals surface area contributed by atoms with Crippen molar-refractivity contribution in [3.05, 3.63) is 52.2 Å². The summed E-state index contributed by atoms with van der Waals surface area (Å²) in [7, 11) is 0. The van der Waals surface area contributed by atoms with Crippen LogP contribution >= 0.6 is 11.3 Å². The van der Waals surface area contributed by atoms with Crippen molar-refractivity contribution >= 4 is 28.8 Å². The minimum atomic E-state index is -0.123. The Balaban J connectivity index is 1.62. The zero-order valence-electron chi connectivity index (χ0n) is 15.9. The van der Waals surface area contributed by atoms with Crippen molar-refractivity contribution < 1.29 is 9.59 Å². The number of hydrogen-bond acceptors (Lipinski definition) is 4. The molecule has 2 heterocycles. The number of amides is 2. The molecule has 3 rings (SSSR count). The molecular weight excluding hydrogens is 358 g/mol. The average Bonchev–Trinajstić information content (AvgIpc) is 3.18. The third-order valence-corrected chi connectivity index (χ3v) is 6.03. The molecule has 0 unspecified atom stereocenters. The first kappa shape index (κ1) is 19.6. The number of likely N-dealkylation sites (tertiary alicyclic amines) is 1. The van der Waals surface area contributed by atoms with Crippen LogP contribution in [-0.4, -0.2) is 36.3 Å². The van der Waals surface area contributed by atoms with Crippen LogP contribution in [-0.2, 0) is 4.79 Å². The zero-order chi connectivity index (χ0) is 19.2. The predicted molar refractivity (Wildman–Crippen MR) is 110 cm³/mol. The standard InChI is InChI=1S/C21H27N3O2S/c1-15-9-11-24(12-10-15)19(20-4-3-13-27-20)14-22-21(26)17-5-7-18(8-6-17)23-16(2)25/h3-8,13,15,19H,9-12,14H2,1-2H3,(H,22,26)(H,23,25)/t19-/m0/s1. The predicted octanol–water partition coefficient (Wildman–Crippen LogP) is 3.91. The molecule has 1 atom stereocenters. The topological polar surface area (TPSA) is 61.4 Å². The van der Waals surface area contributed by atoms with Gasteiger partial charge in [-0.05, 0) is 67.6 Å². The van der Waals surface area contributed by atoms with E-state index in [0.29, 0.717) is 17.8 Å². The van der Waals surface area contributed by atoms with Gasteiger partial charge in [0, 0.05) is 29.6 Å². The summed E-state index contributed by atoms with van der Waals surface area (Å²) < 4.78 is 0. The number of carbonyl (C=O) groups excluding carboxylic acids is 2. The highest BCUT2D eigenvalue weighted by Crippen LogP contribution is 2.29. The van der Waals surface area contributed by atoms with E-state index in [1.165, 1.54) is 24.6 Å². The normalized spacial score (nSPS) is 16.7. The number of rotatable bonds is 6. The van der Waals surface area contributed by atoms with Crippen molar-refractivity contribution in [1.82, 2.24) is 10.2 Å². The highest BCUT2D eigenvalue weighted by Gasteiger charge is 2.25. The molecule has 5 nitrogen and oxygen atoms in total. The molecule has 1 fully saturated rings. The van der Waals surface area contributed by atoms with Gasteiger partial charge in [0.15, 0.2) is 0 Å². The van der Waals surface area contributed by atoms with Crippen LogP contribution in [0.15, 0.2) is 41.8 Å². The Bertz CT molecular complexity index is 750. The first-order chi connectivity index (χ1) is 13.0. The molecule has 2 amide bonds. The van der Waals surface area contributed by atoms with E-state index in [-0.39, 0.29) is 17.9 Å². The summed E-state index contributed by atoms with van der Waals surface area (Å²) in [5.41, 5.74) is 1.29. The van der Waals surface area contributed by atoms with Crippen LogP contribution in [0.2, 0.25) is 0 Å². The molecule has 0 saturated carbocycles. The lowest BCUT2D eigenvalue weighted by atomic mass is 9.97. The Morgan fingerprint density at radius 1 is 1.19 bits per heavy atom. The average molecular weight is 386 g/mol. The van der Waals surface area contributed by atoms with E-state index in [1.54, 1.807) is 35.6 Å². The summed E-state index contributed by atoms with van der Waals surface area (Å²) in [4.78, 5) is 27.5. The van der Waals surface area contributed by atoms with E-state index in [2.05, 4.69) is 40.0 Å². The minimum Gasteiger partial charge on any atom is -0.350 e. The van der Waals surface area contributed by atoms with Crippen molar-refractivity contribution in [2.75, 3.05) is 25.0 Å². The summed E-state index contributed by atoms with van der Waals surface area (Å²) in [6.07, 6.45) is 2.42. The maximum absolute atomic E-state index is 12.6. The van der Waals surface area contributed by atoms with Crippen molar-refractivity contribution in [1.29, 1.82) is 0 Å². The van der Waals surface area contributed by atoms with Gasteiger partial charge in [-0.3, -0.25) is 14.5 Å². The number of piperidine rings is 1. The number of nitrogens with zero attached hydrogens (tertiary/aromatic N) is 1. The minimum absolute atomic E-state index is 0.0868. The van der Waals surface area contributed by atoms with Crippen molar-refractivity contribution in [3.63, 3.8) is 0 Å². The van der Waals surface area contributed by atoms with Gasteiger partial charge in [0.05, 0.1) is 6.04 Å². The molecule has 27 heavy (non-hydrogen) atoms. The SMILES string of the molecule is CC(=O)Nc1ccc(C(=O)NC[C@@H](c2cccs2)N2CCC(C)CC2)cc1. The monoisotopic (exact) mass is 385 g/mol. The molecule has 0 radical (unpaired) electrons. The molecule has 1 saturated heterocycles. The van der Waals surface area contributed by atoms with Gasteiger partial charge in [-0.2, -0.15) is 0 Å². The lowest BCUT2D eigenvalue weighted by Crippen LogP contribution is -2.41. The molecule has 1 aromatic carbocycles. The van der Waals surface area contributed by atoms with Crippen molar-refractivity contribution in [2.24, 2.45) is 5.92 Å². The Morgan fingerprint density at radius 3 is 2.48 bits per heavy atom. The zero-order valence-corrected chi connectivity index (χ0v) is 16.7. The van der Waals surface area contributed by atoms with Gasteiger partial charge in [0.2, 0.25) is 5.91 Å². The first-order valence-corrected chi connectivity index (χ1v) is 10.3. The number of benzene rings is 1. The fourth-order valence-electron chi connectivity index (χ4n) is 3.43. The van der Waals surface area contributed by atoms with E-state index < -0.39 is 0 Å². The van der Waals surface area contributed by atoms with Gasteiger partial charge in [0.25, 0.3) is 5.91 Å². The van der Waals surface area contributed by atoms with Gasteiger partial charge in [-0.15, -0.1) is 11.3 Å². The van der Waals surface area contributed by atoms with Gasteiger partial charge in [-0.25, -0.2) is 0 Å². The van der Waals surface area contributed by atoms with Gasteiger partial charge in [0.1, 0.15) is 0 Å². The Hall–Kier alpha value is -2.18. The number of hydrogen-bond donors (Lipinski definition) is 2. The van der Waals surface area contributed by atoms with Gasteiger partial charge < -0.3 is 10.6 Å². The van der Waals surface area contributed by atoms with E-state index in [1.807, 2.05) is 0 Å². The number of anilines is 1. The molecule has 1 aliphatic rings. The van der Waals surface area contributed by atoms with Gasteiger partial charge in [-0.1, -0.05) is 13.0 Å². The van der Waals surface area contributed by atoms with Crippen molar-refractivity contribution in [2.45, 2.75) is 32.7 Å². The molecule has 0 bridgehead atoms. The van der Waals surface area contributed by atoms with E-state index >= 15 is 0 Å². The Morgan fingerprint density at radius 2 is 1.89 bits per heavy atom. The summed E-state index contributed by atoms with van der Waals surface area (Å²) in [6, 6.07) is 11.4. The summed E-state index contributed by atoms with van der Waals surface area (Å²) in [5, 5.41) is 7.90. The third kappa shape index (κ3) is 5.40. The number of carbonyl (C=O) groups is 2. The number of thiophene rings is 1. The molecule has 1 aliphatic heterocycles. The van der Waals surface area contributed by atoms with E-state index in [0.717, 1.165) is 19.0 Å². The number of nitrogens with one attached hydrogen (secondary N) is 2. The van der Waals surface area contributed by atoms with Crippen molar-refractivity contribution in [3.8, 4) is 0 Å².